The Morgan fingerprint density at radius 3 is 1.16 bits per heavy atom. The number of phenolic OH excluding ortho intramolecular Hbond substituents is 2. The number of carbonyl (C=O) groups is 2. The van der Waals surface area contributed by atoms with E-state index in [1.54, 1.807) is 97.1 Å². The van der Waals surface area contributed by atoms with Gasteiger partial charge in [0.05, 0.1) is 32.7 Å². The normalized spacial score (nSPS) is 11.1. The van der Waals surface area contributed by atoms with Gasteiger partial charge >= 0.3 is 0 Å². The second-order valence-corrected chi connectivity index (χ2v) is 15.1. The molecule has 0 radical (unpaired) electrons. The van der Waals surface area contributed by atoms with Gasteiger partial charge < -0.3 is 19.0 Å². The fraction of sp³-hybridized carbons (Fsp3) is 0.0370. The molecular weight excluding hydrogens is 777 g/mol. The molecule has 8 heteroatoms. The van der Waals surface area contributed by atoms with E-state index < -0.39 is 0 Å². The fourth-order valence-electron chi connectivity index (χ4n) is 7.61. The summed E-state index contributed by atoms with van der Waals surface area (Å²) in [6.45, 7) is 3.99. The molecule has 8 aromatic carbocycles. The van der Waals surface area contributed by atoms with Crippen LogP contribution in [-0.2, 0) is 0 Å². The molecule has 0 atom stereocenters. The van der Waals surface area contributed by atoms with Gasteiger partial charge in [0.25, 0.3) is 0 Å². The standard InChI is InChI=1S/2C27H18O4/c2*1-16-10-12-17(13-11-16)21-14-18(25(29)19-6-2-4-8-23(19)28)15-22-26(30)20-7-3-5-9-24(20)31-27(21)22/h2*2-15,28H,1H3. The number of benzene rings is 8. The van der Waals surface area contributed by atoms with E-state index in [9.17, 15) is 29.4 Å². The molecular formula is C54H36O8. The molecule has 0 aliphatic heterocycles. The number of hydrogen-bond donors (Lipinski definition) is 2. The molecule has 10 rings (SSSR count). The van der Waals surface area contributed by atoms with Gasteiger partial charge in [-0.1, -0.05) is 108 Å². The van der Waals surface area contributed by atoms with Crippen molar-refractivity contribution in [1.29, 1.82) is 0 Å². The molecule has 0 fully saturated rings. The topological polar surface area (TPSA) is 135 Å². The summed E-state index contributed by atoms with van der Waals surface area (Å²) >= 11 is 0. The lowest BCUT2D eigenvalue weighted by atomic mass is 9.94. The molecule has 2 heterocycles. The van der Waals surface area contributed by atoms with Gasteiger partial charge in [0.2, 0.25) is 10.9 Å². The van der Waals surface area contributed by atoms with E-state index >= 15 is 0 Å². The zero-order valence-corrected chi connectivity index (χ0v) is 33.5. The molecule has 0 unspecified atom stereocenters. The van der Waals surface area contributed by atoms with Crippen LogP contribution in [0.25, 0.3) is 66.1 Å². The Bertz CT molecular complexity index is 3290. The molecule has 0 aliphatic rings. The summed E-state index contributed by atoms with van der Waals surface area (Å²) in [6, 6.07) is 49.1. The average Bonchev–Trinajstić information content (AvgIpc) is 3.29. The van der Waals surface area contributed by atoms with Gasteiger partial charge in [0.1, 0.15) is 33.8 Å². The average molecular weight is 813 g/mol. The minimum absolute atomic E-state index is 0.102. The number of ketones is 2. The highest BCUT2D eigenvalue weighted by molar-refractivity contribution is 6.15. The van der Waals surface area contributed by atoms with Crippen LogP contribution in [0.2, 0.25) is 0 Å². The van der Waals surface area contributed by atoms with Crippen molar-refractivity contribution in [2.75, 3.05) is 0 Å². The highest BCUT2D eigenvalue weighted by Gasteiger charge is 2.22. The molecule has 0 bridgehead atoms. The van der Waals surface area contributed by atoms with Crippen LogP contribution in [0.4, 0.5) is 0 Å². The minimum atomic E-state index is -0.360. The number of aryl methyl sites for hydroxylation is 2. The van der Waals surface area contributed by atoms with Gasteiger partial charge in [-0.25, -0.2) is 0 Å². The molecule has 10 aromatic rings. The maximum atomic E-state index is 13.3. The molecule has 0 saturated carbocycles. The third-order valence-electron chi connectivity index (χ3n) is 10.9. The molecule has 2 aromatic heterocycles. The summed E-state index contributed by atoms with van der Waals surface area (Å²) in [5, 5.41) is 21.9. The minimum Gasteiger partial charge on any atom is -0.507 e. The van der Waals surface area contributed by atoms with Gasteiger partial charge in [-0.2, -0.15) is 0 Å². The Labute approximate surface area is 354 Å². The zero-order chi connectivity index (χ0) is 43.1. The van der Waals surface area contributed by atoms with Crippen molar-refractivity contribution in [2.45, 2.75) is 13.8 Å². The number of rotatable bonds is 6. The predicted molar refractivity (Wildman–Crippen MR) is 243 cm³/mol. The lowest BCUT2D eigenvalue weighted by Crippen LogP contribution is -2.07. The summed E-state index contributed by atoms with van der Waals surface area (Å²) < 4.78 is 12.3. The van der Waals surface area contributed by atoms with Crippen LogP contribution in [0.15, 0.2) is 188 Å². The van der Waals surface area contributed by atoms with Crippen molar-refractivity contribution in [3.8, 4) is 33.8 Å². The number of aromatic hydroxyl groups is 2. The number of fused-ring (bicyclic) bond motifs is 4. The number of para-hydroxylation sites is 4. The molecule has 0 aliphatic carbocycles. The summed E-state index contributed by atoms with van der Waals surface area (Å²) in [6.07, 6.45) is 0. The van der Waals surface area contributed by atoms with E-state index in [1.807, 2.05) is 74.5 Å². The molecule has 0 spiro atoms. The monoisotopic (exact) mass is 812 g/mol. The summed E-state index contributed by atoms with van der Waals surface area (Å²) in [4.78, 5) is 53.0. The van der Waals surface area contributed by atoms with Gasteiger partial charge in [-0.15, -0.1) is 0 Å². The van der Waals surface area contributed by atoms with E-state index in [2.05, 4.69) is 0 Å². The molecule has 8 nitrogen and oxygen atoms in total. The fourth-order valence-corrected chi connectivity index (χ4v) is 7.61. The van der Waals surface area contributed by atoms with Crippen LogP contribution in [0, 0.1) is 13.8 Å². The highest BCUT2D eigenvalue weighted by atomic mass is 16.3. The molecule has 0 amide bonds. The Morgan fingerprint density at radius 1 is 0.419 bits per heavy atom. The van der Waals surface area contributed by atoms with Crippen LogP contribution in [0.1, 0.15) is 43.0 Å². The molecule has 2 N–H and O–H groups in total. The first-order valence-electron chi connectivity index (χ1n) is 19.8. The second kappa shape index (κ2) is 16.0. The summed E-state index contributed by atoms with van der Waals surface area (Å²) in [5.74, 6) is -0.924. The first kappa shape index (κ1) is 39.1. The lowest BCUT2D eigenvalue weighted by molar-refractivity contribution is 0.102. The van der Waals surface area contributed by atoms with E-state index in [0.717, 1.165) is 22.3 Å². The van der Waals surface area contributed by atoms with Gasteiger partial charge in [-0.3, -0.25) is 19.2 Å². The Morgan fingerprint density at radius 2 is 0.774 bits per heavy atom. The van der Waals surface area contributed by atoms with Crippen LogP contribution in [0.5, 0.6) is 11.5 Å². The van der Waals surface area contributed by atoms with Gasteiger partial charge in [0.15, 0.2) is 11.6 Å². The number of hydrogen-bond acceptors (Lipinski definition) is 8. The van der Waals surface area contributed by atoms with Gasteiger partial charge in [0, 0.05) is 22.3 Å². The van der Waals surface area contributed by atoms with E-state index in [0.29, 0.717) is 66.1 Å². The smallest absolute Gasteiger partial charge is 0.200 e. The van der Waals surface area contributed by atoms with Crippen molar-refractivity contribution in [2.24, 2.45) is 0 Å². The van der Waals surface area contributed by atoms with Crippen molar-refractivity contribution in [3.05, 3.63) is 224 Å². The van der Waals surface area contributed by atoms with Gasteiger partial charge in [-0.05, 0) is 97.8 Å². The van der Waals surface area contributed by atoms with Crippen molar-refractivity contribution < 1.29 is 28.6 Å². The van der Waals surface area contributed by atoms with Crippen molar-refractivity contribution in [3.63, 3.8) is 0 Å². The maximum absolute atomic E-state index is 13.3. The van der Waals surface area contributed by atoms with E-state index in [1.165, 1.54) is 12.1 Å². The van der Waals surface area contributed by atoms with E-state index in [-0.39, 0.29) is 45.0 Å². The van der Waals surface area contributed by atoms with E-state index in [4.69, 9.17) is 8.83 Å². The number of carbonyl (C=O) groups excluding carboxylic acids is 2. The molecule has 62 heavy (non-hydrogen) atoms. The van der Waals surface area contributed by atoms with Crippen LogP contribution >= 0.6 is 0 Å². The van der Waals surface area contributed by atoms with Crippen molar-refractivity contribution >= 4 is 55.4 Å². The third-order valence-corrected chi connectivity index (χ3v) is 10.9. The Balaban J connectivity index is 0.000000158. The predicted octanol–water partition coefficient (Wildman–Crippen LogP) is 11.7. The largest absolute Gasteiger partial charge is 0.507 e. The summed E-state index contributed by atoms with van der Waals surface area (Å²) in [5.41, 5.74) is 7.62. The zero-order valence-electron chi connectivity index (χ0n) is 33.5. The number of phenols is 2. The first-order chi connectivity index (χ1) is 30.0. The Hall–Kier alpha value is -8.36. The SMILES string of the molecule is Cc1ccc(-c2cc(C(=O)c3ccccc3O)cc3c(=O)c4ccccc4oc23)cc1.Cc1ccc(-c2cc(C(=O)c3ccccc3O)cc3c(=O)c4ccccc4oc23)cc1. The highest BCUT2D eigenvalue weighted by Crippen LogP contribution is 2.35. The summed E-state index contributed by atoms with van der Waals surface area (Å²) in [7, 11) is 0. The molecule has 300 valence electrons. The maximum Gasteiger partial charge on any atom is 0.200 e. The van der Waals surface area contributed by atoms with Crippen LogP contribution < -0.4 is 10.9 Å². The lowest BCUT2D eigenvalue weighted by Gasteiger charge is -2.11. The first-order valence-corrected chi connectivity index (χ1v) is 19.8. The molecule has 0 saturated heterocycles. The second-order valence-electron chi connectivity index (χ2n) is 15.1. The van der Waals surface area contributed by atoms with Crippen LogP contribution in [0.3, 0.4) is 0 Å². The van der Waals surface area contributed by atoms with Crippen molar-refractivity contribution in [1.82, 2.24) is 0 Å². The Kier molecular flexibility index (Phi) is 10.1. The third kappa shape index (κ3) is 7.20. The quantitative estimate of drug-likeness (QED) is 0.125. The van der Waals surface area contributed by atoms with Crippen LogP contribution in [-0.4, -0.2) is 21.8 Å².